The highest BCUT2D eigenvalue weighted by Crippen LogP contribution is 2.36. The number of pyridine rings is 1. The lowest BCUT2D eigenvalue weighted by atomic mass is 9.98. The predicted octanol–water partition coefficient (Wildman–Crippen LogP) is 2.73. The molecule has 1 aromatic heterocycles. The van der Waals surface area contributed by atoms with Crippen molar-refractivity contribution >= 4 is 0 Å². The fourth-order valence-corrected chi connectivity index (χ4v) is 3.32. The molecule has 1 aromatic rings. The van der Waals surface area contributed by atoms with Crippen LogP contribution in [0.2, 0.25) is 0 Å². The molecule has 2 heterocycles. The summed E-state index contributed by atoms with van der Waals surface area (Å²) in [6.07, 6.45) is 7.52. The van der Waals surface area contributed by atoms with Crippen molar-refractivity contribution in [2.24, 2.45) is 5.73 Å². The van der Waals surface area contributed by atoms with Crippen molar-refractivity contribution in [3.05, 3.63) is 30.1 Å². The maximum atomic E-state index is 6.27. The number of nitrogens with zero attached hydrogens (tertiary/aromatic N) is 2. The Kier molecular flexibility index (Phi) is 4.36. The van der Waals surface area contributed by atoms with E-state index in [0.29, 0.717) is 18.1 Å². The van der Waals surface area contributed by atoms with E-state index < -0.39 is 0 Å². The molecule has 3 nitrogen and oxygen atoms in total. The van der Waals surface area contributed by atoms with Crippen LogP contribution in [0.3, 0.4) is 0 Å². The van der Waals surface area contributed by atoms with Gasteiger partial charge in [0.25, 0.3) is 0 Å². The first-order chi connectivity index (χ1) is 8.65. The molecule has 1 aliphatic heterocycles. The Morgan fingerprint density at radius 3 is 2.61 bits per heavy atom. The molecule has 3 heteroatoms. The van der Waals surface area contributed by atoms with Gasteiger partial charge in [0.2, 0.25) is 0 Å². The highest BCUT2D eigenvalue weighted by atomic mass is 15.2. The minimum atomic E-state index is 0.141. The van der Waals surface area contributed by atoms with Gasteiger partial charge in [0.05, 0.1) is 6.04 Å². The lowest BCUT2D eigenvalue weighted by molar-refractivity contribution is 0.117. The lowest BCUT2D eigenvalue weighted by Crippen LogP contribution is -2.45. The molecule has 0 radical (unpaired) electrons. The molecule has 0 saturated carbocycles. The van der Waals surface area contributed by atoms with E-state index >= 15 is 0 Å². The monoisotopic (exact) mass is 247 g/mol. The van der Waals surface area contributed by atoms with Crippen LogP contribution < -0.4 is 5.73 Å². The van der Waals surface area contributed by atoms with Gasteiger partial charge in [-0.3, -0.25) is 9.88 Å². The molecule has 0 aliphatic carbocycles. The number of hydrogen-bond donors (Lipinski definition) is 1. The van der Waals surface area contributed by atoms with Crippen molar-refractivity contribution in [3.8, 4) is 0 Å². The Hall–Kier alpha value is -0.930. The molecule has 2 rings (SSSR count). The standard InChI is InChI=1S/C15H25N3/c1-4-14-6-5-11(2)18(14)15(12(3)16)13-7-9-17-10-8-13/h7-12,14-15H,4-6,16H2,1-3H3. The van der Waals surface area contributed by atoms with Gasteiger partial charge >= 0.3 is 0 Å². The SMILES string of the molecule is CCC1CCC(C)N1C(c1ccncc1)C(C)N. The number of rotatable bonds is 4. The maximum Gasteiger partial charge on any atom is 0.0503 e. The molecule has 0 spiro atoms. The van der Waals surface area contributed by atoms with E-state index in [1.54, 1.807) is 0 Å². The third-order valence-electron chi connectivity index (χ3n) is 4.19. The molecule has 4 unspecified atom stereocenters. The molecule has 0 aromatic carbocycles. The van der Waals surface area contributed by atoms with Gasteiger partial charge < -0.3 is 5.73 Å². The third-order valence-corrected chi connectivity index (χ3v) is 4.19. The Morgan fingerprint density at radius 1 is 1.39 bits per heavy atom. The van der Waals surface area contributed by atoms with E-state index in [1.165, 1.54) is 24.8 Å². The van der Waals surface area contributed by atoms with Crippen molar-refractivity contribution in [1.29, 1.82) is 0 Å². The van der Waals surface area contributed by atoms with E-state index in [2.05, 4.69) is 42.8 Å². The zero-order chi connectivity index (χ0) is 13.1. The van der Waals surface area contributed by atoms with Crippen LogP contribution in [0.15, 0.2) is 24.5 Å². The number of hydrogen-bond acceptors (Lipinski definition) is 3. The first-order valence-electron chi connectivity index (χ1n) is 7.08. The van der Waals surface area contributed by atoms with Gasteiger partial charge in [-0.05, 0) is 50.8 Å². The number of nitrogens with two attached hydrogens (primary N) is 1. The van der Waals surface area contributed by atoms with Crippen LogP contribution in [0.5, 0.6) is 0 Å². The Bertz CT molecular complexity index is 363. The van der Waals surface area contributed by atoms with Crippen molar-refractivity contribution in [3.63, 3.8) is 0 Å². The lowest BCUT2D eigenvalue weighted by Gasteiger charge is -2.38. The van der Waals surface area contributed by atoms with E-state index in [0.717, 1.165) is 0 Å². The van der Waals surface area contributed by atoms with E-state index in [-0.39, 0.29) is 6.04 Å². The predicted molar refractivity (Wildman–Crippen MR) is 75.2 cm³/mol. The average molecular weight is 247 g/mol. The molecular formula is C15H25N3. The molecule has 1 saturated heterocycles. The molecule has 2 N–H and O–H groups in total. The van der Waals surface area contributed by atoms with Crippen LogP contribution in [-0.2, 0) is 0 Å². The van der Waals surface area contributed by atoms with Crippen LogP contribution in [0.1, 0.15) is 51.6 Å². The van der Waals surface area contributed by atoms with Gasteiger partial charge in [-0.2, -0.15) is 0 Å². The van der Waals surface area contributed by atoms with Gasteiger partial charge in [0.15, 0.2) is 0 Å². The molecule has 1 aliphatic rings. The normalized spacial score (nSPS) is 28.2. The third kappa shape index (κ3) is 2.57. The highest BCUT2D eigenvalue weighted by molar-refractivity contribution is 5.18. The molecule has 100 valence electrons. The second kappa shape index (κ2) is 5.81. The fourth-order valence-electron chi connectivity index (χ4n) is 3.32. The summed E-state index contributed by atoms with van der Waals surface area (Å²) in [5.74, 6) is 0. The second-order valence-corrected chi connectivity index (χ2v) is 5.52. The summed E-state index contributed by atoms with van der Waals surface area (Å²) in [5, 5.41) is 0. The smallest absolute Gasteiger partial charge is 0.0503 e. The molecular weight excluding hydrogens is 222 g/mol. The van der Waals surface area contributed by atoms with Gasteiger partial charge in [-0.15, -0.1) is 0 Å². The minimum Gasteiger partial charge on any atom is -0.326 e. The topological polar surface area (TPSA) is 42.2 Å². The molecule has 0 bridgehead atoms. The van der Waals surface area contributed by atoms with Gasteiger partial charge in [-0.1, -0.05) is 6.92 Å². The summed E-state index contributed by atoms with van der Waals surface area (Å²) in [4.78, 5) is 6.74. The van der Waals surface area contributed by atoms with Crippen LogP contribution in [0, 0.1) is 0 Å². The van der Waals surface area contributed by atoms with Crippen molar-refractivity contribution in [2.45, 2.75) is 64.2 Å². The molecule has 0 amide bonds. The van der Waals surface area contributed by atoms with Gasteiger partial charge in [0.1, 0.15) is 0 Å². The molecule has 18 heavy (non-hydrogen) atoms. The summed E-state index contributed by atoms with van der Waals surface area (Å²) in [5.41, 5.74) is 7.56. The summed E-state index contributed by atoms with van der Waals surface area (Å²) in [7, 11) is 0. The van der Waals surface area contributed by atoms with Crippen molar-refractivity contribution < 1.29 is 0 Å². The summed E-state index contributed by atoms with van der Waals surface area (Å²) in [6.45, 7) is 6.72. The van der Waals surface area contributed by atoms with Gasteiger partial charge in [-0.25, -0.2) is 0 Å². The zero-order valence-corrected chi connectivity index (χ0v) is 11.7. The molecule has 4 atom stereocenters. The van der Waals surface area contributed by atoms with Crippen LogP contribution >= 0.6 is 0 Å². The van der Waals surface area contributed by atoms with E-state index in [4.69, 9.17) is 5.73 Å². The fraction of sp³-hybridized carbons (Fsp3) is 0.667. The first kappa shape index (κ1) is 13.5. The largest absolute Gasteiger partial charge is 0.326 e. The second-order valence-electron chi connectivity index (χ2n) is 5.52. The number of aromatic nitrogens is 1. The maximum absolute atomic E-state index is 6.27. The first-order valence-corrected chi connectivity index (χ1v) is 7.08. The quantitative estimate of drug-likeness (QED) is 0.889. The summed E-state index contributed by atoms with van der Waals surface area (Å²) in [6, 6.07) is 5.96. The van der Waals surface area contributed by atoms with Gasteiger partial charge in [0, 0.05) is 30.5 Å². The molecule has 1 fully saturated rings. The highest BCUT2D eigenvalue weighted by Gasteiger charge is 2.36. The zero-order valence-electron chi connectivity index (χ0n) is 11.7. The summed E-state index contributed by atoms with van der Waals surface area (Å²) < 4.78 is 0. The summed E-state index contributed by atoms with van der Waals surface area (Å²) >= 11 is 0. The van der Waals surface area contributed by atoms with E-state index in [1.807, 2.05) is 12.4 Å². The van der Waals surface area contributed by atoms with E-state index in [9.17, 15) is 0 Å². The Labute approximate surface area is 110 Å². The number of likely N-dealkylation sites (tertiary alicyclic amines) is 1. The van der Waals surface area contributed by atoms with Crippen LogP contribution in [0.4, 0.5) is 0 Å². The van der Waals surface area contributed by atoms with Crippen LogP contribution in [-0.4, -0.2) is 28.0 Å². The van der Waals surface area contributed by atoms with Crippen molar-refractivity contribution in [2.75, 3.05) is 0 Å². The minimum absolute atomic E-state index is 0.141. The Morgan fingerprint density at radius 2 is 2.06 bits per heavy atom. The van der Waals surface area contributed by atoms with Crippen molar-refractivity contribution in [1.82, 2.24) is 9.88 Å². The Balaban J connectivity index is 2.30. The van der Waals surface area contributed by atoms with Crippen LogP contribution in [0.25, 0.3) is 0 Å². The average Bonchev–Trinajstić information content (AvgIpc) is 2.72.